The Morgan fingerprint density at radius 2 is 2.00 bits per heavy atom. The molecule has 3 rings (SSSR count). The Kier molecular flexibility index (Phi) is 2.56. The largest absolute Gasteiger partial charge is 0.336 e. The second-order valence-electron chi connectivity index (χ2n) is 4.32. The first-order valence-electron chi connectivity index (χ1n) is 5.73. The molecule has 0 saturated carbocycles. The van der Waals surface area contributed by atoms with Gasteiger partial charge in [-0.15, -0.1) is 0 Å². The van der Waals surface area contributed by atoms with Gasteiger partial charge in [-0.3, -0.25) is 0 Å². The van der Waals surface area contributed by atoms with Gasteiger partial charge in [0.2, 0.25) is 0 Å². The predicted molar refractivity (Wildman–Crippen MR) is 73.8 cm³/mol. The molecule has 0 unspecified atom stereocenters. The monoisotopic (exact) mass is 257 g/mol. The van der Waals surface area contributed by atoms with Gasteiger partial charge in [0.1, 0.15) is 5.82 Å². The number of aromatic amines is 1. The van der Waals surface area contributed by atoms with E-state index in [0.717, 1.165) is 38.7 Å². The van der Waals surface area contributed by atoms with Crippen LogP contribution < -0.4 is 0 Å². The number of rotatable bonds is 1. The van der Waals surface area contributed by atoms with Gasteiger partial charge in [0.15, 0.2) is 5.65 Å². The standard InChI is InChI=1S/C14H12ClN3/c1-8-6-7-16-14-12(8)17-13(18-14)10-4-3-5-11(15)9(10)2/h3-7H,1-2H3,(H,16,17,18). The van der Waals surface area contributed by atoms with Crippen LogP contribution in [-0.2, 0) is 0 Å². The fraction of sp³-hybridized carbons (Fsp3) is 0.143. The minimum Gasteiger partial charge on any atom is -0.336 e. The third kappa shape index (κ3) is 1.68. The number of nitrogens with zero attached hydrogens (tertiary/aromatic N) is 2. The first-order chi connectivity index (χ1) is 8.66. The lowest BCUT2D eigenvalue weighted by molar-refractivity contribution is 1.28. The molecule has 0 aliphatic heterocycles. The summed E-state index contributed by atoms with van der Waals surface area (Å²) in [6.07, 6.45) is 1.77. The number of aromatic nitrogens is 3. The van der Waals surface area contributed by atoms with Crippen LogP contribution in [0, 0.1) is 13.8 Å². The quantitative estimate of drug-likeness (QED) is 0.718. The summed E-state index contributed by atoms with van der Waals surface area (Å²) < 4.78 is 0. The van der Waals surface area contributed by atoms with Crippen molar-refractivity contribution in [3.05, 3.63) is 46.6 Å². The zero-order chi connectivity index (χ0) is 12.7. The molecule has 18 heavy (non-hydrogen) atoms. The molecular formula is C14H12ClN3. The zero-order valence-electron chi connectivity index (χ0n) is 10.2. The molecule has 0 atom stereocenters. The van der Waals surface area contributed by atoms with E-state index in [-0.39, 0.29) is 0 Å². The van der Waals surface area contributed by atoms with Crippen LogP contribution >= 0.6 is 11.6 Å². The van der Waals surface area contributed by atoms with Gasteiger partial charge in [-0.1, -0.05) is 23.7 Å². The number of nitrogens with one attached hydrogen (secondary N) is 1. The van der Waals surface area contributed by atoms with Crippen molar-refractivity contribution in [1.29, 1.82) is 0 Å². The third-order valence-corrected chi connectivity index (χ3v) is 3.53. The maximum absolute atomic E-state index is 6.14. The van der Waals surface area contributed by atoms with Gasteiger partial charge in [0.25, 0.3) is 0 Å². The molecule has 0 aliphatic rings. The number of halogens is 1. The summed E-state index contributed by atoms with van der Waals surface area (Å²) in [5.41, 5.74) is 4.89. The summed E-state index contributed by atoms with van der Waals surface area (Å²) in [6, 6.07) is 7.79. The molecule has 2 aromatic heterocycles. The Morgan fingerprint density at radius 1 is 1.17 bits per heavy atom. The van der Waals surface area contributed by atoms with Gasteiger partial charge < -0.3 is 4.98 Å². The topological polar surface area (TPSA) is 41.6 Å². The van der Waals surface area contributed by atoms with Crippen LogP contribution in [0.2, 0.25) is 5.02 Å². The lowest BCUT2D eigenvalue weighted by Crippen LogP contribution is -1.86. The van der Waals surface area contributed by atoms with Crippen LogP contribution in [0.1, 0.15) is 11.1 Å². The smallest absolute Gasteiger partial charge is 0.178 e. The van der Waals surface area contributed by atoms with E-state index in [1.165, 1.54) is 0 Å². The molecule has 3 aromatic rings. The van der Waals surface area contributed by atoms with E-state index in [1.54, 1.807) is 6.20 Å². The molecule has 90 valence electrons. The minimum absolute atomic E-state index is 0.740. The van der Waals surface area contributed by atoms with Crippen molar-refractivity contribution < 1.29 is 0 Å². The molecule has 0 bridgehead atoms. The molecule has 0 spiro atoms. The number of hydrogen-bond acceptors (Lipinski definition) is 2. The average Bonchev–Trinajstić information content (AvgIpc) is 2.78. The van der Waals surface area contributed by atoms with Gasteiger partial charge in [0.05, 0.1) is 5.52 Å². The molecule has 0 aliphatic carbocycles. The van der Waals surface area contributed by atoms with Gasteiger partial charge in [-0.05, 0) is 37.1 Å². The molecule has 0 radical (unpaired) electrons. The summed E-state index contributed by atoms with van der Waals surface area (Å²) in [4.78, 5) is 12.1. The molecule has 4 heteroatoms. The van der Waals surface area contributed by atoms with E-state index in [1.807, 2.05) is 38.1 Å². The van der Waals surface area contributed by atoms with E-state index in [2.05, 4.69) is 15.0 Å². The lowest BCUT2D eigenvalue weighted by atomic mass is 10.1. The fourth-order valence-electron chi connectivity index (χ4n) is 2.03. The summed E-state index contributed by atoms with van der Waals surface area (Å²) in [5, 5.41) is 0.748. The van der Waals surface area contributed by atoms with Crippen molar-refractivity contribution in [3.63, 3.8) is 0 Å². The highest BCUT2D eigenvalue weighted by atomic mass is 35.5. The number of pyridine rings is 1. The van der Waals surface area contributed by atoms with Gasteiger partial charge in [0, 0.05) is 16.8 Å². The lowest BCUT2D eigenvalue weighted by Gasteiger charge is -2.03. The van der Waals surface area contributed by atoms with Crippen LogP contribution in [0.3, 0.4) is 0 Å². The number of aryl methyl sites for hydroxylation is 1. The maximum Gasteiger partial charge on any atom is 0.178 e. The maximum atomic E-state index is 6.14. The van der Waals surface area contributed by atoms with Crippen molar-refractivity contribution in [2.24, 2.45) is 0 Å². The van der Waals surface area contributed by atoms with E-state index in [0.29, 0.717) is 0 Å². The summed E-state index contributed by atoms with van der Waals surface area (Å²) >= 11 is 6.14. The van der Waals surface area contributed by atoms with Crippen LogP contribution in [0.25, 0.3) is 22.6 Å². The number of fused-ring (bicyclic) bond motifs is 1. The second kappa shape index (κ2) is 4.10. The molecule has 0 saturated heterocycles. The first kappa shape index (κ1) is 11.2. The number of hydrogen-bond donors (Lipinski definition) is 1. The zero-order valence-corrected chi connectivity index (χ0v) is 10.9. The SMILES string of the molecule is Cc1c(Cl)cccc1-c1nc2nccc(C)c2[nH]1. The van der Waals surface area contributed by atoms with E-state index in [9.17, 15) is 0 Å². The molecule has 1 aromatic carbocycles. The highest BCUT2D eigenvalue weighted by Gasteiger charge is 2.11. The third-order valence-electron chi connectivity index (χ3n) is 3.12. The summed E-state index contributed by atoms with van der Waals surface area (Å²) in [6.45, 7) is 4.03. The van der Waals surface area contributed by atoms with Crippen molar-refractivity contribution in [1.82, 2.24) is 15.0 Å². The van der Waals surface area contributed by atoms with Crippen molar-refractivity contribution in [2.75, 3.05) is 0 Å². The molecular weight excluding hydrogens is 246 g/mol. The first-order valence-corrected chi connectivity index (χ1v) is 6.11. The van der Waals surface area contributed by atoms with E-state index >= 15 is 0 Å². The number of H-pyrrole nitrogens is 1. The second-order valence-corrected chi connectivity index (χ2v) is 4.73. The molecule has 3 nitrogen and oxygen atoms in total. The Hall–Kier alpha value is -1.87. The van der Waals surface area contributed by atoms with Crippen LogP contribution in [0.5, 0.6) is 0 Å². The van der Waals surface area contributed by atoms with Crippen LogP contribution in [0.15, 0.2) is 30.5 Å². The molecule has 0 fully saturated rings. The van der Waals surface area contributed by atoms with E-state index in [4.69, 9.17) is 11.6 Å². The molecule has 0 amide bonds. The highest BCUT2D eigenvalue weighted by molar-refractivity contribution is 6.31. The van der Waals surface area contributed by atoms with Gasteiger partial charge in [-0.2, -0.15) is 0 Å². The highest BCUT2D eigenvalue weighted by Crippen LogP contribution is 2.28. The Balaban J connectivity index is 2.26. The van der Waals surface area contributed by atoms with Crippen LogP contribution in [-0.4, -0.2) is 15.0 Å². The Labute approximate surface area is 110 Å². The van der Waals surface area contributed by atoms with Crippen molar-refractivity contribution >= 4 is 22.8 Å². The predicted octanol–water partition coefficient (Wildman–Crippen LogP) is 3.90. The minimum atomic E-state index is 0.740. The normalized spacial score (nSPS) is 11.1. The number of imidazole rings is 1. The van der Waals surface area contributed by atoms with Crippen LogP contribution in [0.4, 0.5) is 0 Å². The molecule has 1 N–H and O–H groups in total. The number of benzene rings is 1. The average molecular weight is 258 g/mol. The van der Waals surface area contributed by atoms with Gasteiger partial charge >= 0.3 is 0 Å². The van der Waals surface area contributed by atoms with Gasteiger partial charge in [-0.25, -0.2) is 9.97 Å². The summed E-state index contributed by atoms with van der Waals surface area (Å²) in [7, 11) is 0. The van der Waals surface area contributed by atoms with E-state index < -0.39 is 0 Å². The summed E-state index contributed by atoms with van der Waals surface area (Å²) in [5.74, 6) is 0.812. The fourth-order valence-corrected chi connectivity index (χ4v) is 2.20. The van der Waals surface area contributed by atoms with Crippen molar-refractivity contribution in [2.45, 2.75) is 13.8 Å². The Morgan fingerprint density at radius 3 is 2.78 bits per heavy atom. The Bertz CT molecular complexity index is 731. The molecule has 2 heterocycles. The van der Waals surface area contributed by atoms with Crippen molar-refractivity contribution in [3.8, 4) is 11.4 Å².